The molecule has 0 saturated carbocycles. The third-order valence-electron chi connectivity index (χ3n) is 1.82. The maximum absolute atomic E-state index is 10.7. The van der Waals surface area contributed by atoms with Gasteiger partial charge in [0.25, 0.3) is 0 Å². The first kappa shape index (κ1) is 10.8. The van der Waals surface area contributed by atoms with Gasteiger partial charge >= 0.3 is 0 Å². The van der Waals surface area contributed by atoms with Gasteiger partial charge in [-0.15, -0.1) is 0 Å². The number of carbonyl (C=O) groups excluding carboxylic acids is 1. The van der Waals surface area contributed by atoms with Gasteiger partial charge in [0.15, 0.2) is 6.29 Å². The van der Waals surface area contributed by atoms with Crippen molar-refractivity contribution in [3.05, 3.63) is 46.8 Å². The van der Waals surface area contributed by atoms with Gasteiger partial charge in [-0.05, 0) is 34.1 Å². The molecule has 0 fully saturated rings. The number of halogens is 1. The number of nitrogens with zero attached hydrogens (tertiary/aromatic N) is 2. The number of aromatic nitrogens is 2. The molecule has 0 saturated heterocycles. The predicted molar refractivity (Wildman–Crippen MR) is 61.6 cm³/mol. The van der Waals surface area contributed by atoms with E-state index in [-0.39, 0.29) is 5.88 Å². The molecule has 0 aliphatic heterocycles. The fraction of sp³-hybridized carbons (Fsp3) is 0. The number of aldehydes is 1. The first-order chi connectivity index (χ1) is 7.79. The van der Waals surface area contributed by atoms with Crippen LogP contribution in [-0.4, -0.2) is 16.3 Å². The molecule has 80 valence electrons. The summed E-state index contributed by atoms with van der Waals surface area (Å²) in [5, 5.41) is 0. The van der Waals surface area contributed by atoms with Gasteiger partial charge in [-0.25, -0.2) is 4.98 Å². The van der Waals surface area contributed by atoms with Crippen molar-refractivity contribution in [2.45, 2.75) is 0 Å². The largest absolute Gasteiger partial charge is 0.437 e. The summed E-state index contributed by atoms with van der Waals surface area (Å²) >= 11 is 3.28. The molecule has 0 N–H and O–H groups in total. The number of ether oxygens (including phenoxy) is 1. The Morgan fingerprint density at radius 3 is 3.00 bits per heavy atom. The normalized spacial score (nSPS) is 9.81. The van der Waals surface area contributed by atoms with Crippen LogP contribution in [-0.2, 0) is 0 Å². The van der Waals surface area contributed by atoms with Crippen LogP contribution < -0.4 is 4.74 Å². The molecule has 0 aromatic carbocycles. The van der Waals surface area contributed by atoms with E-state index in [1.165, 1.54) is 0 Å². The van der Waals surface area contributed by atoms with Crippen molar-refractivity contribution in [2.24, 2.45) is 0 Å². The zero-order valence-corrected chi connectivity index (χ0v) is 9.72. The van der Waals surface area contributed by atoms with Gasteiger partial charge in [0.05, 0.1) is 11.8 Å². The zero-order valence-electron chi connectivity index (χ0n) is 8.13. The second-order valence-corrected chi connectivity index (χ2v) is 3.87. The van der Waals surface area contributed by atoms with E-state index in [2.05, 4.69) is 25.9 Å². The van der Waals surface area contributed by atoms with E-state index >= 15 is 0 Å². The highest BCUT2D eigenvalue weighted by molar-refractivity contribution is 9.10. The Kier molecular flexibility index (Phi) is 3.26. The van der Waals surface area contributed by atoms with Crippen LogP contribution in [0.3, 0.4) is 0 Å². The summed E-state index contributed by atoms with van der Waals surface area (Å²) in [6.07, 6.45) is 5.46. The molecule has 0 spiro atoms. The minimum absolute atomic E-state index is 0.275. The Morgan fingerprint density at radius 2 is 2.25 bits per heavy atom. The predicted octanol–water partition coefficient (Wildman–Crippen LogP) is 2.84. The van der Waals surface area contributed by atoms with Crippen LogP contribution in [0.25, 0.3) is 0 Å². The van der Waals surface area contributed by atoms with Gasteiger partial charge in [-0.3, -0.25) is 9.78 Å². The van der Waals surface area contributed by atoms with E-state index < -0.39 is 0 Å². The molecule has 16 heavy (non-hydrogen) atoms. The Hall–Kier alpha value is -1.75. The number of carbonyl (C=O) groups is 1. The summed E-state index contributed by atoms with van der Waals surface area (Å²) in [5.41, 5.74) is 0.405. The quantitative estimate of drug-likeness (QED) is 0.811. The minimum Gasteiger partial charge on any atom is -0.437 e. The lowest BCUT2D eigenvalue weighted by molar-refractivity contribution is 0.112. The monoisotopic (exact) mass is 278 g/mol. The lowest BCUT2D eigenvalue weighted by Gasteiger charge is -2.05. The molecule has 0 amide bonds. The van der Waals surface area contributed by atoms with E-state index in [4.69, 9.17) is 4.74 Å². The molecule has 0 atom stereocenters. The highest BCUT2D eigenvalue weighted by atomic mass is 79.9. The number of pyridine rings is 2. The van der Waals surface area contributed by atoms with E-state index in [0.29, 0.717) is 17.6 Å². The zero-order chi connectivity index (χ0) is 11.4. The number of hydrogen-bond acceptors (Lipinski definition) is 4. The maximum atomic E-state index is 10.7. The molecule has 2 rings (SSSR count). The van der Waals surface area contributed by atoms with E-state index in [9.17, 15) is 4.79 Å². The van der Waals surface area contributed by atoms with Gasteiger partial charge in [0, 0.05) is 16.9 Å². The van der Waals surface area contributed by atoms with E-state index in [0.717, 1.165) is 4.47 Å². The van der Waals surface area contributed by atoms with Crippen LogP contribution in [0.2, 0.25) is 0 Å². The highest BCUT2D eigenvalue weighted by Crippen LogP contribution is 2.23. The molecule has 4 nitrogen and oxygen atoms in total. The fourth-order valence-corrected chi connectivity index (χ4v) is 1.48. The molecule has 2 aromatic heterocycles. The molecular formula is C11H7BrN2O2. The van der Waals surface area contributed by atoms with Crippen LogP contribution >= 0.6 is 15.9 Å². The second kappa shape index (κ2) is 4.85. The lowest BCUT2D eigenvalue weighted by atomic mass is 10.3. The maximum Gasteiger partial charge on any atom is 0.229 e. The Bertz CT molecular complexity index is 517. The highest BCUT2D eigenvalue weighted by Gasteiger charge is 2.05. The van der Waals surface area contributed by atoms with Gasteiger partial charge in [0.2, 0.25) is 5.88 Å². The molecule has 2 aromatic rings. The molecule has 0 aliphatic rings. The van der Waals surface area contributed by atoms with E-state index in [1.807, 2.05) is 0 Å². The minimum atomic E-state index is 0.275. The molecule has 0 unspecified atom stereocenters. The summed E-state index contributed by atoms with van der Waals surface area (Å²) in [6, 6.07) is 5.06. The third kappa shape index (κ3) is 2.43. The average Bonchev–Trinajstić information content (AvgIpc) is 2.30. The Labute approximate surface area is 100 Å². The van der Waals surface area contributed by atoms with Gasteiger partial charge < -0.3 is 4.74 Å². The molecule has 0 radical (unpaired) electrons. The van der Waals surface area contributed by atoms with Crippen LogP contribution in [0.4, 0.5) is 0 Å². The van der Waals surface area contributed by atoms with Crippen molar-refractivity contribution in [2.75, 3.05) is 0 Å². The van der Waals surface area contributed by atoms with Crippen molar-refractivity contribution >= 4 is 22.2 Å². The van der Waals surface area contributed by atoms with Crippen LogP contribution in [0.1, 0.15) is 10.4 Å². The number of rotatable bonds is 3. The first-order valence-corrected chi connectivity index (χ1v) is 5.27. The fourth-order valence-electron chi connectivity index (χ4n) is 1.14. The molecule has 2 heterocycles. The molecular weight excluding hydrogens is 272 g/mol. The smallest absolute Gasteiger partial charge is 0.229 e. The van der Waals surface area contributed by atoms with Crippen LogP contribution in [0.5, 0.6) is 11.6 Å². The summed E-state index contributed by atoms with van der Waals surface area (Å²) in [6.45, 7) is 0. The SMILES string of the molecule is O=Cc1cccnc1Oc1cncc(Br)c1. The van der Waals surface area contributed by atoms with Crippen molar-refractivity contribution in [1.82, 2.24) is 9.97 Å². The molecule has 5 heteroatoms. The molecule has 0 bridgehead atoms. The third-order valence-corrected chi connectivity index (χ3v) is 2.26. The summed E-state index contributed by atoms with van der Waals surface area (Å²) < 4.78 is 6.25. The van der Waals surface area contributed by atoms with Crippen LogP contribution in [0.15, 0.2) is 41.3 Å². The second-order valence-electron chi connectivity index (χ2n) is 2.96. The Balaban J connectivity index is 2.30. The van der Waals surface area contributed by atoms with Crippen molar-refractivity contribution < 1.29 is 9.53 Å². The summed E-state index contributed by atoms with van der Waals surface area (Å²) in [7, 11) is 0. The summed E-state index contributed by atoms with van der Waals surface area (Å²) in [5.74, 6) is 0.800. The van der Waals surface area contributed by atoms with Gasteiger partial charge in [0.1, 0.15) is 5.75 Å². The summed E-state index contributed by atoms with van der Waals surface area (Å²) in [4.78, 5) is 18.7. The standard InChI is InChI=1S/C11H7BrN2O2/c12-9-4-10(6-13-5-9)16-11-8(7-15)2-1-3-14-11/h1-7H. The lowest BCUT2D eigenvalue weighted by Crippen LogP contribution is -1.93. The van der Waals surface area contributed by atoms with Crippen molar-refractivity contribution in [1.29, 1.82) is 0 Å². The molecule has 0 aliphatic carbocycles. The van der Waals surface area contributed by atoms with Crippen molar-refractivity contribution in [3.63, 3.8) is 0 Å². The van der Waals surface area contributed by atoms with Gasteiger partial charge in [-0.2, -0.15) is 0 Å². The average molecular weight is 279 g/mol. The van der Waals surface area contributed by atoms with Gasteiger partial charge in [-0.1, -0.05) is 0 Å². The van der Waals surface area contributed by atoms with Crippen molar-refractivity contribution in [3.8, 4) is 11.6 Å². The topological polar surface area (TPSA) is 52.1 Å². The number of hydrogen-bond donors (Lipinski definition) is 0. The van der Waals surface area contributed by atoms with E-state index in [1.54, 1.807) is 36.8 Å². The Morgan fingerprint density at radius 1 is 1.38 bits per heavy atom. The first-order valence-electron chi connectivity index (χ1n) is 4.48. The van der Waals surface area contributed by atoms with Crippen LogP contribution in [0, 0.1) is 0 Å².